The fourth-order valence-corrected chi connectivity index (χ4v) is 4.22. The molecule has 3 heterocycles. The summed E-state index contributed by atoms with van der Waals surface area (Å²) >= 11 is 0. The van der Waals surface area contributed by atoms with Crippen molar-refractivity contribution >= 4 is 17.9 Å². The van der Waals surface area contributed by atoms with Gasteiger partial charge in [-0.05, 0) is 39.5 Å². The van der Waals surface area contributed by atoms with Gasteiger partial charge in [0.1, 0.15) is 12.2 Å². The zero-order chi connectivity index (χ0) is 21.2. The van der Waals surface area contributed by atoms with Gasteiger partial charge in [-0.3, -0.25) is 9.69 Å². The summed E-state index contributed by atoms with van der Waals surface area (Å²) in [6.07, 6.45) is 7.81. The van der Waals surface area contributed by atoms with Crippen molar-refractivity contribution in [3.8, 4) is 0 Å². The molecule has 0 radical (unpaired) electrons. The number of fused-ring (bicyclic) bond motifs is 3. The van der Waals surface area contributed by atoms with Crippen LogP contribution in [0.1, 0.15) is 39.5 Å². The predicted molar refractivity (Wildman–Crippen MR) is 103 cm³/mol. The van der Waals surface area contributed by atoms with Crippen LogP contribution in [-0.2, 0) is 23.9 Å². The topological polar surface area (TPSA) is 116 Å². The van der Waals surface area contributed by atoms with Crippen molar-refractivity contribution in [2.45, 2.75) is 57.3 Å². The van der Waals surface area contributed by atoms with Gasteiger partial charge < -0.3 is 19.7 Å². The highest BCUT2D eigenvalue weighted by Gasteiger charge is 2.62. The van der Waals surface area contributed by atoms with E-state index in [9.17, 15) is 14.4 Å². The van der Waals surface area contributed by atoms with Crippen molar-refractivity contribution in [3.05, 3.63) is 23.8 Å². The van der Waals surface area contributed by atoms with Gasteiger partial charge in [-0.1, -0.05) is 11.6 Å². The van der Waals surface area contributed by atoms with Crippen LogP contribution in [0, 0.1) is 11.8 Å². The van der Waals surface area contributed by atoms with E-state index in [-0.39, 0.29) is 29.7 Å². The van der Waals surface area contributed by atoms with Crippen LogP contribution in [0.2, 0.25) is 0 Å². The first-order valence-corrected chi connectivity index (χ1v) is 10.1. The Balaban J connectivity index is 0.000000258. The average molecular weight is 407 g/mol. The zero-order valence-corrected chi connectivity index (χ0v) is 16.9. The lowest BCUT2D eigenvalue weighted by Gasteiger charge is -2.22. The molecule has 8 nitrogen and oxygen atoms in total. The smallest absolute Gasteiger partial charge is 0.328 e. The van der Waals surface area contributed by atoms with Crippen molar-refractivity contribution in [3.63, 3.8) is 0 Å². The SMILES string of the molecule is CC1=CCC[C@@]2(C)O[C@H]2[C@H]2OC(=O)[C@@H](CN3CC3)[C@@H]2CC1.O=C(O)/C=C/C(=O)O. The van der Waals surface area contributed by atoms with Crippen LogP contribution in [0.4, 0.5) is 0 Å². The first kappa shape index (κ1) is 21.5. The van der Waals surface area contributed by atoms with Gasteiger partial charge in [0.15, 0.2) is 0 Å². The van der Waals surface area contributed by atoms with Crippen LogP contribution >= 0.6 is 0 Å². The van der Waals surface area contributed by atoms with E-state index in [0.29, 0.717) is 18.1 Å². The van der Waals surface area contributed by atoms with Crippen LogP contribution in [-0.4, -0.2) is 70.5 Å². The fraction of sp³-hybridized carbons (Fsp3) is 0.667. The number of allylic oxidation sites excluding steroid dienone is 2. The molecule has 0 aromatic rings. The third-order valence-electron chi connectivity index (χ3n) is 6.10. The molecule has 0 unspecified atom stereocenters. The lowest BCUT2D eigenvalue weighted by atomic mass is 9.80. The van der Waals surface area contributed by atoms with Gasteiger partial charge in [0.05, 0.1) is 11.5 Å². The van der Waals surface area contributed by atoms with Crippen LogP contribution < -0.4 is 0 Å². The Hall–Kier alpha value is -2.19. The van der Waals surface area contributed by atoms with E-state index >= 15 is 0 Å². The minimum absolute atomic E-state index is 0.00984. The fourth-order valence-electron chi connectivity index (χ4n) is 4.22. The molecule has 0 saturated carbocycles. The Morgan fingerprint density at radius 1 is 1.28 bits per heavy atom. The number of nitrogens with zero attached hydrogens (tertiary/aromatic N) is 1. The van der Waals surface area contributed by atoms with Gasteiger partial charge in [-0.25, -0.2) is 9.59 Å². The number of aliphatic carboxylic acids is 2. The van der Waals surface area contributed by atoms with Gasteiger partial charge in [0.2, 0.25) is 0 Å². The number of ether oxygens (including phenoxy) is 2. The molecule has 4 aliphatic rings. The summed E-state index contributed by atoms with van der Waals surface area (Å²) in [5.74, 6) is -2.13. The third kappa shape index (κ3) is 5.67. The highest BCUT2D eigenvalue weighted by Crippen LogP contribution is 2.50. The summed E-state index contributed by atoms with van der Waals surface area (Å²) < 4.78 is 11.8. The van der Waals surface area contributed by atoms with Crippen molar-refractivity contribution in [2.24, 2.45) is 11.8 Å². The average Bonchev–Trinajstić information content (AvgIpc) is 3.54. The van der Waals surface area contributed by atoms with E-state index in [1.165, 1.54) is 5.57 Å². The van der Waals surface area contributed by atoms with Gasteiger partial charge in [0, 0.05) is 37.7 Å². The Morgan fingerprint density at radius 3 is 2.52 bits per heavy atom. The highest BCUT2D eigenvalue weighted by molar-refractivity contribution is 5.89. The molecule has 3 aliphatic heterocycles. The highest BCUT2D eigenvalue weighted by atomic mass is 16.6. The second-order valence-corrected chi connectivity index (χ2v) is 8.46. The van der Waals surface area contributed by atoms with E-state index < -0.39 is 11.9 Å². The maximum absolute atomic E-state index is 12.3. The first-order chi connectivity index (χ1) is 13.7. The summed E-state index contributed by atoms with van der Waals surface area (Å²) in [5, 5.41) is 15.6. The molecule has 4 rings (SSSR count). The third-order valence-corrected chi connectivity index (χ3v) is 6.10. The number of rotatable bonds is 4. The number of carbonyl (C=O) groups excluding carboxylic acids is 1. The molecule has 0 bridgehead atoms. The van der Waals surface area contributed by atoms with E-state index in [1.807, 2.05) is 0 Å². The molecule has 3 saturated heterocycles. The number of epoxide rings is 1. The maximum atomic E-state index is 12.3. The van der Waals surface area contributed by atoms with Gasteiger partial charge >= 0.3 is 17.9 Å². The summed E-state index contributed by atoms with van der Waals surface area (Å²) in [5.41, 5.74) is 1.37. The van der Waals surface area contributed by atoms with Crippen LogP contribution in [0.25, 0.3) is 0 Å². The lowest BCUT2D eigenvalue weighted by Crippen LogP contribution is -2.32. The van der Waals surface area contributed by atoms with Crippen molar-refractivity contribution in [1.29, 1.82) is 0 Å². The predicted octanol–water partition coefficient (Wildman–Crippen LogP) is 1.85. The minimum atomic E-state index is -1.26. The second kappa shape index (κ2) is 8.67. The molecule has 2 N–H and O–H groups in total. The van der Waals surface area contributed by atoms with Gasteiger partial charge in [-0.15, -0.1) is 0 Å². The van der Waals surface area contributed by atoms with E-state index in [4.69, 9.17) is 19.7 Å². The van der Waals surface area contributed by atoms with Crippen molar-refractivity contribution < 1.29 is 34.1 Å². The summed E-state index contributed by atoms with van der Waals surface area (Å²) in [7, 11) is 0. The Kier molecular flexibility index (Phi) is 6.43. The minimum Gasteiger partial charge on any atom is -0.478 e. The lowest BCUT2D eigenvalue weighted by molar-refractivity contribution is -0.145. The number of hydrogen-bond acceptors (Lipinski definition) is 6. The van der Waals surface area contributed by atoms with E-state index in [1.54, 1.807) is 0 Å². The standard InChI is InChI=1S/C17H25NO3.C4H4O4/c1-11-4-3-7-17(2)15(21-17)14-12(6-5-11)13(16(19)20-14)10-18-8-9-18;5-3(6)1-2-4(7)8/h4,12-15H,3,5-10H2,1-2H3;1-2H,(H,5,6)(H,7,8)/b;2-1+/t12-,13-,14-,15-,17+;/m0./s1. The molecule has 1 aliphatic carbocycles. The monoisotopic (exact) mass is 407 g/mol. The Labute approximate surface area is 170 Å². The molecule has 5 atom stereocenters. The number of carboxylic acid groups (broad SMARTS) is 2. The van der Waals surface area contributed by atoms with Crippen molar-refractivity contribution in [2.75, 3.05) is 19.6 Å². The van der Waals surface area contributed by atoms with Gasteiger partial charge in [0.25, 0.3) is 0 Å². The molecule has 0 spiro atoms. The number of carbonyl (C=O) groups is 3. The molecular weight excluding hydrogens is 378 g/mol. The number of hydrogen-bond donors (Lipinski definition) is 2. The molecule has 160 valence electrons. The Bertz CT molecular complexity index is 711. The molecule has 3 fully saturated rings. The summed E-state index contributed by atoms with van der Waals surface area (Å²) in [6, 6.07) is 0. The van der Waals surface area contributed by atoms with Crippen LogP contribution in [0.3, 0.4) is 0 Å². The van der Waals surface area contributed by atoms with Crippen LogP contribution in [0.15, 0.2) is 23.8 Å². The largest absolute Gasteiger partial charge is 0.478 e. The van der Waals surface area contributed by atoms with Crippen LogP contribution in [0.5, 0.6) is 0 Å². The second-order valence-electron chi connectivity index (χ2n) is 8.46. The summed E-state index contributed by atoms with van der Waals surface area (Å²) in [4.78, 5) is 33.8. The van der Waals surface area contributed by atoms with Crippen molar-refractivity contribution in [1.82, 2.24) is 4.90 Å². The maximum Gasteiger partial charge on any atom is 0.328 e. The van der Waals surface area contributed by atoms with Gasteiger partial charge in [-0.2, -0.15) is 0 Å². The first-order valence-electron chi connectivity index (χ1n) is 10.1. The zero-order valence-electron chi connectivity index (χ0n) is 16.9. The number of esters is 1. The van der Waals surface area contributed by atoms with E-state index in [0.717, 1.165) is 45.3 Å². The molecule has 8 heteroatoms. The number of carboxylic acids is 2. The molecular formula is C21H29NO7. The molecule has 0 aromatic carbocycles. The molecule has 0 amide bonds. The Morgan fingerprint density at radius 2 is 1.93 bits per heavy atom. The quantitative estimate of drug-likeness (QED) is 0.314. The van der Waals surface area contributed by atoms with E-state index in [2.05, 4.69) is 24.8 Å². The normalized spacial score (nSPS) is 36.1. The molecule has 0 aromatic heterocycles. The molecule has 29 heavy (non-hydrogen) atoms. The summed E-state index contributed by atoms with van der Waals surface area (Å²) in [6.45, 7) is 7.54.